The summed E-state index contributed by atoms with van der Waals surface area (Å²) in [5.41, 5.74) is 2.30. The fourth-order valence-corrected chi connectivity index (χ4v) is 2.02. The molecule has 0 aliphatic heterocycles. The zero-order valence-electron chi connectivity index (χ0n) is 10.1. The van der Waals surface area contributed by atoms with Crippen molar-refractivity contribution in [3.8, 4) is 0 Å². The predicted molar refractivity (Wildman–Crippen MR) is 70.2 cm³/mol. The van der Waals surface area contributed by atoms with Gasteiger partial charge in [0.05, 0.1) is 17.4 Å². The first-order valence-electron chi connectivity index (χ1n) is 5.56. The fourth-order valence-electron chi connectivity index (χ4n) is 1.80. The first kappa shape index (κ1) is 12.8. The summed E-state index contributed by atoms with van der Waals surface area (Å²) in [6.07, 6.45) is 3.28. The molecule has 0 aliphatic rings. The second-order valence-corrected chi connectivity index (χ2v) is 4.49. The number of rotatable bonds is 3. The Hall–Kier alpha value is -1.68. The molecule has 5 heteroatoms. The Bertz CT molecular complexity index is 539. The van der Waals surface area contributed by atoms with Gasteiger partial charge in [-0.2, -0.15) is 0 Å². The van der Waals surface area contributed by atoms with Crippen LogP contribution < -0.4 is 5.32 Å². The van der Waals surface area contributed by atoms with Gasteiger partial charge in [0.15, 0.2) is 0 Å². The van der Waals surface area contributed by atoms with E-state index in [1.165, 1.54) is 12.1 Å². The third-order valence-corrected chi connectivity index (χ3v) is 2.79. The van der Waals surface area contributed by atoms with E-state index in [0.29, 0.717) is 10.7 Å². The normalized spacial score (nSPS) is 12.2. The van der Waals surface area contributed by atoms with Crippen LogP contribution in [0.5, 0.6) is 0 Å². The van der Waals surface area contributed by atoms with Gasteiger partial charge in [-0.25, -0.2) is 4.39 Å². The molecule has 1 unspecified atom stereocenters. The smallest absolute Gasteiger partial charge is 0.126 e. The van der Waals surface area contributed by atoms with Crippen LogP contribution in [-0.4, -0.2) is 9.97 Å². The van der Waals surface area contributed by atoms with E-state index in [9.17, 15) is 4.39 Å². The van der Waals surface area contributed by atoms with Gasteiger partial charge in [-0.3, -0.25) is 9.97 Å². The van der Waals surface area contributed by atoms with Crippen molar-refractivity contribution in [2.75, 3.05) is 5.32 Å². The first-order valence-corrected chi connectivity index (χ1v) is 5.94. The molecule has 0 aliphatic carbocycles. The lowest BCUT2D eigenvalue weighted by Gasteiger charge is -2.16. The molecule has 0 saturated carbocycles. The van der Waals surface area contributed by atoms with E-state index in [4.69, 9.17) is 11.6 Å². The van der Waals surface area contributed by atoms with Gasteiger partial charge in [-0.05, 0) is 32.0 Å². The summed E-state index contributed by atoms with van der Waals surface area (Å²) in [7, 11) is 0. The van der Waals surface area contributed by atoms with Gasteiger partial charge in [-0.1, -0.05) is 11.6 Å². The maximum absolute atomic E-state index is 13.2. The first-order chi connectivity index (χ1) is 8.56. The van der Waals surface area contributed by atoms with Crippen LogP contribution in [0.1, 0.15) is 24.4 Å². The largest absolute Gasteiger partial charge is 0.377 e. The topological polar surface area (TPSA) is 37.8 Å². The minimum Gasteiger partial charge on any atom is -0.377 e. The van der Waals surface area contributed by atoms with Crippen molar-refractivity contribution in [1.29, 1.82) is 0 Å². The highest BCUT2D eigenvalue weighted by Gasteiger charge is 2.11. The maximum Gasteiger partial charge on any atom is 0.126 e. The molecule has 1 atom stereocenters. The molecule has 1 heterocycles. The molecule has 1 aromatic carbocycles. The zero-order valence-corrected chi connectivity index (χ0v) is 10.9. The summed E-state index contributed by atoms with van der Waals surface area (Å²) >= 11 is 5.80. The highest BCUT2D eigenvalue weighted by atomic mass is 35.5. The number of anilines is 1. The molecule has 0 saturated heterocycles. The standard InChI is InChI=1S/C13H13ClFN3/c1-8-13(17-4-3-16-8)9(2)18-12-6-10(14)5-11(15)7-12/h3-7,9,18H,1-2H3. The highest BCUT2D eigenvalue weighted by Crippen LogP contribution is 2.23. The Morgan fingerprint density at radius 3 is 2.61 bits per heavy atom. The molecule has 2 aromatic rings. The molecule has 3 nitrogen and oxygen atoms in total. The molecule has 1 aromatic heterocycles. The number of aryl methyl sites for hydroxylation is 1. The number of nitrogens with one attached hydrogen (secondary N) is 1. The molecule has 0 bridgehead atoms. The second kappa shape index (κ2) is 5.31. The Kier molecular flexibility index (Phi) is 3.77. The third kappa shape index (κ3) is 2.96. The quantitative estimate of drug-likeness (QED) is 0.918. The van der Waals surface area contributed by atoms with Crippen molar-refractivity contribution in [2.24, 2.45) is 0 Å². The highest BCUT2D eigenvalue weighted by molar-refractivity contribution is 6.30. The van der Waals surface area contributed by atoms with E-state index in [2.05, 4.69) is 15.3 Å². The molecular weight excluding hydrogens is 253 g/mol. The van der Waals surface area contributed by atoms with Gasteiger partial charge in [-0.15, -0.1) is 0 Å². The minimum atomic E-state index is -0.368. The van der Waals surface area contributed by atoms with Crippen molar-refractivity contribution in [3.63, 3.8) is 0 Å². The van der Waals surface area contributed by atoms with Crippen molar-refractivity contribution in [2.45, 2.75) is 19.9 Å². The molecule has 0 amide bonds. The van der Waals surface area contributed by atoms with E-state index < -0.39 is 0 Å². The average Bonchev–Trinajstić information content (AvgIpc) is 2.27. The zero-order chi connectivity index (χ0) is 13.1. The van der Waals surface area contributed by atoms with Gasteiger partial charge < -0.3 is 5.32 Å². The van der Waals surface area contributed by atoms with E-state index in [0.717, 1.165) is 11.4 Å². The Morgan fingerprint density at radius 1 is 1.22 bits per heavy atom. The van der Waals surface area contributed by atoms with Crippen LogP contribution in [0.15, 0.2) is 30.6 Å². The Labute approximate surface area is 110 Å². The molecule has 18 heavy (non-hydrogen) atoms. The summed E-state index contributed by atoms with van der Waals surface area (Å²) in [6, 6.07) is 4.27. The van der Waals surface area contributed by atoms with Crippen LogP contribution in [0.25, 0.3) is 0 Å². The maximum atomic E-state index is 13.2. The van der Waals surface area contributed by atoms with Gasteiger partial charge in [0.25, 0.3) is 0 Å². The molecule has 0 spiro atoms. The van der Waals surface area contributed by atoms with E-state index in [-0.39, 0.29) is 11.9 Å². The van der Waals surface area contributed by atoms with Crippen molar-refractivity contribution in [1.82, 2.24) is 9.97 Å². The van der Waals surface area contributed by atoms with Crippen LogP contribution in [0.2, 0.25) is 5.02 Å². The molecular formula is C13H13ClFN3. The van der Waals surface area contributed by atoms with Crippen LogP contribution in [-0.2, 0) is 0 Å². The average molecular weight is 266 g/mol. The van der Waals surface area contributed by atoms with Crippen LogP contribution in [0.4, 0.5) is 10.1 Å². The van der Waals surface area contributed by atoms with E-state index >= 15 is 0 Å². The summed E-state index contributed by atoms with van der Waals surface area (Å²) in [5, 5.41) is 3.52. The Morgan fingerprint density at radius 2 is 1.94 bits per heavy atom. The molecule has 94 valence electrons. The molecule has 1 N–H and O–H groups in total. The number of hydrogen-bond acceptors (Lipinski definition) is 3. The number of benzene rings is 1. The number of hydrogen-bond donors (Lipinski definition) is 1. The summed E-state index contributed by atoms with van der Waals surface area (Å²) in [6.45, 7) is 3.83. The monoisotopic (exact) mass is 265 g/mol. The predicted octanol–water partition coefficient (Wildman–Crippen LogP) is 3.75. The minimum absolute atomic E-state index is 0.0726. The van der Waals surface area contributed by atoms with Gasteiger partial charge in [0.2, 0.25) is 0 Å². The van der Waals surface area contributed by atoms with Crippen molar-refractivity contribution >= 4 is 17.3 Å². The molecule has 2 rings (SSSR count). The van der Waals surface area contributed by atoms with Crippen LogP contribution >= 0.6 is 11.6 Å². The summed E-state index contributed by atoms with van der Waals surface area (Å²) in [5.74, 6) is -0.368. The molecule has 0 radical (unpaired) electrons. The summed E-state index contributed by atoms with van der Waals surface area (Å²) < 4.78 is 13.2. The Balaban J connectivity index is 2.21. The van der Waals surface area contributed by atoms with Gasteiger partial charge >= 0.3 is 0 Å². The number of aromatic nitrogens is 2. The lowest BCUT2D eigenvalue weighted by molar-refractivity contribution is 0.628. The third-order valence-electron chi connectivity index (χ3n) is 2.58. The number of nitrogens with zero attached hydrogens (tertiary/aromatic N) is 2. The van der Waals surface area contributed by atoms with Crippen molar-refractivity contribution < 1.29 is 4.39 Å². The van der Waals surface area contributed by atoms with Crippen LogP contribution in [0, 0.1) is 12.7 Å². The second-order valence-electron chi connectivity index (χ2n) is 4.05. The van der Waals surface area contributed by atoms with Crippen LogP contribution in [0.3, 0.4) is 0 Å². The fraction of sp³-hybridized carbons (Fsp3) is 0.231. The number of halogens is 2. The summed E-state index contributed by atoms with van der Waals surface area (Å²) in [4.78, 5) is 8.44. The van der Waals surface area contributed by atoms with E-state index in [1.807, 2.05) is 13.8 Å². The molecule has 0 fully saturated rings. The van der Waals surface area contributed by atoms with Gasteiger partial charge in [0, 0.05) is 23.1 Å². The lowest BCUT2D eigenvalue weighted by Crippen LogP contribution is -2.11. The lowest BCUT2D eigenvalue weighted by atomic mass is 10.1. The van der Waals surface area contributed by atoms with E-state index in [1.54, 1.807) is 18.5 Å². The van der Waals surface area contributed by atoms with Crippen molar-refractivity contribution in [3.05, 3.63) is 52.8 Å². The SMILES string of the molecule is Cc1nccnc1C(C)Nc1cc(F)cc(Cl)c1. The van der Waals surface area contributed by atoms with Gasteiger partial charge in [0.1, 0.15) is 5.82 Å².